The van der Waals surface area contributed by atoms with Crippen LogP contribution in [0.25, 0.3) is 0 Å². The normalized spacial score (nSPS) is 10.6. The van der Waals surface area contributed by atoms with Crippen LogP contribution in [0.1, 0.15) is 30.7 Å². The number of aromatic nitrogens is 1. The number of nitrogens with zero attached hydrogens (tertiary/aromatic N) is 2. The SMILES string of the molecule is Cc1cc(NCC(C)C)c(N)c(N(CCc2ccccc2)CCc2ccccc2)n1.[Na]. The van der Waals surface area contributed by atoms with E-state index in [9.17, 15) is 0 Å². The second-order valence-corrected chi connectivity index (χ2v) is 8.28. The Balaban J connectivity index is 0.00000341. The molecule has 0 saturated heterocycles. The molecule has 3 aromatic rings. The minimum Gasteiger partial charge on any atom is -0.394 e. The smallest absolute Gasteiger partial charge is 0.154 e. The summed E-state index contributed by atoms with van der Waals surface area (Å²) in [7, 11) is 0. The van der Waals surface area contributed by atoms with Crippen molar-refractivity contribution in [1.29, 1.82) is 0 Å². The molecule has 0 bridgehead atoms. The van der Waals surface area contributed by atoms with Gasteiger partial charge in [-0.2, -0.15) is 0 Å². The number of hydrogen-bond donors (Lipinski definition) is 2. The first-order valence-corrected chi connectivity index (χ1v) is 10.9. The van der Waals surface area contributed by atoms with Crippen LogP contribution in [0.2, 0.25) is 0 Å². The third kappa shape index (κ3) is 7.88. The molecule has 0 aliphatic carbocycles. The average molecular weight is 426 g/mol. The molecule has 0 saturated carbocycles. The first kappa shape index (κ1) is 25.3. The Kier molecular flexibility index (Phi) is 10.4. The van der Waals surface area contributed by atoms with Crippen molar-refractivity contribution in [3.8, 4) is 0 Å². The van der Waals surface area contributed by atoms with E-state index in [0.717, 1.165) is 55.4 Å². The number of nitrogens with one attached hydrogen (secondary N) is 1. The van der Waals surface area contributed by atoms with E-state index in [4.69, 9.17) is 10.7 Å². The number of pyridine rings is 1. The Labute approximate surface area is 209 Å². The molecular weight excluding hydrogens is 391 g/mol. The van der Waals surface area contributed by atoms with Gasteiger partial charge in [-0.3, -0.25) is 0 Å². The number of hydrogen-bond acceptors (Lipinski definition) is 4. The van der Waals surface area contributed by atoms with Gasteiger partial charge < -0.3 is 16.0 Å². The topological polar surface area (TPSA) is 54.2 Å². The Morgan fingerprint density at radius 2 is 1.42 bits per heavy atom. The minimum absolute atomic E-state index is 0. The number of nitrogens with two attached hydrogens (primary N) is 1. The average Bonchev–Trinajstić information content (AvgIpc) is 2.76. The van der Waals surface area contributed by atoms with Crippen molar-refractivity contribution < 1.29 is 0 Å². The molecule has 3 N–H and O–H groups in total. The summed E-state index contributed by atoms with van der Waals surface area (Å²) in [6, 6.07) is 23.3. The van der Waals surface area contributed by atoms with Crippen LogP contribution in [0.4, 0.5) is 17.2 Å². The van der Waals surface area contributed by atoms with E-state index in [-0.39, 0.29) is 29.6 Å². The molecule has 0 unspecified atom stereocenters. The molecule has 0 atom stereocenters. The van der Waals surface area contributed by atoms with E-state index >= 15 is 0 Å². The van der Waals surface area contributed by atoms with Crippen LogP contribution in [-0.4, -0.2) is 54.2 Å². The summed E-state index contributed by atoms with van der Waals surface area (Å²) in [5.41, 5.74) is 12.0. The quantitative estimate of drug-likeness (QED) is 0.451. The van der Waals surface area contributed by atoms with Crippen LogP contribution < -0.4 is 16.0 Å². The van der Waals surface area contributed by atoms with Crippen molar-refractivity contribution in [2.75, 3.05) is 35.6 Å². The van der Waals surface area contributed by atoms with Gasteiger partial charge in [-0.25, -0.2) is 4.98 Å². The van der Waals surface area contributed by atoms with Gasteiger partial charge in [-0.1, -0.05) is 74.5 Å². The molecule has 4 nitrogen and oxygen atoms in total. The standard InChI is InChI=1S/C26H34N4.Na/c1-20(2)19-28-24-18-21(3)29-26(25(24)27)30(16-14-22-10-6-4-7-11-22)17-15-23-12-8-5-9-13-23;/h4-13,18,20H,14-17,19,27H2,1-3H3,(H,28,29);. The zero-order valence-corrected chi connectivity index (χ0v) is 21.4. The number of anilines is 3. The number of aryl methyl sites for hydroxylation is 1. The first-order valence-electron chi connectivity index (χ1n) is 10.9. The summed E-state index contributed by atoms with van der Waals surface area (Å²) < 4.78 is 0. The van der Waals surface area contributed by atoms with Gasteiger partial charge >= 0.3 is 0 Å². The number of rotatable bonds is 10. The molecule has 31 heavy (non-hydrogen) atoms. The molecule has 5 heteroatoms. The molecule has 159 valence electrons. The molecule has 1 radical (unpaired) electrons. The largest absolute Gasteiger partial charge is 0.394 e. The monoisotopic (exact) mass is 425 g/mol. The molecule has 0 aliphatic heterocycles. The van der Waals surface area contributed by atoms with Crippen molar-refractivity contribution in [2.45, 2.75) is 33.6 Å². The summed E-state index contributed by atoms with van der Waals surface area (Å²) in [5, 5.41) is 3.50. The van der Waals surface area contributed by atoms with Gasteiger partial charge in [0.2, 0.25) is 0 Å². The van der Waals surface area contributed by atoms with Gasteiger partial charge in [0.25, 0.3) is 0 Å². The molecular formula is C26H34N4Na. The van der Waals surface area contributed by atoms with Crippen molar-refractivity contribution in [3.05, 3.63) is 83.6 Å². The van der Waals surface area contributed by atoms with Gasteiger partial charge in [0.15, 0.2) is 5.82 Å². The van der Waals surface area contributed by atoms with Crippen molar-refractivity contribution in [3.63, 3.8) is 0 Å². The van der Waals surface area contributed by atoms with Crippen LogP contribution in [0.3, 0.4) is 0 Å². The molecule has 2 aromatic carbocycles. The summed E-state index contributed by atoms with van der Waals surface area (Å²) >= 11 is 0. The van der Waals surface area contributed by atoms with E-state index in [1.54, 1.807) is 0 Å². The fourth-order valence-corrected chi connectivity index (χ4v) is 3.51. The van der Waals surface area contributed by atoms with E-state index in [1.807, 2.05) is 13.0 Å². The summed E-state index contributed by atoms with van der Waals surface area (Å²) in [5.74, 6) is 1.43. The molecule has 3 rings (SSSR count). The minimum atomic E-state index is 0. The second-order valence-electron chi connectivity index (χ2n) is 8.28. The fourth-order valence-electron chi connectivity index (χ4n) is 3.51. The van der Waals surface area contributed by atoms with E-state index in [1.165, 1.54) is 11.1 Å². The van der Waals surface area contributed by atoms with Gasteiger partial charge in [0, 0.05) is 54.9 Å². The van der Waals surface area contributed by atoms with E-state index < -0.39 is 0 Å². The van der Waals surface area contributed by atoms with Crippen molar-refractivity contribution in [1.82, 2.24) is 4.98 Å². The first-order chi connectivity index (χ1) is 14.5. The van der Waals surface area contributed by atoms with E-state index in [2.05, 4.69) is 84.7 Å². The Hall–Kier alpha value is -2.01. The van der Waals surface area contributed by atoms with Crippen LogP contribution in [0.5, 0.6) is 0 Å². The van der Waals surface area contributed by atoms with Crippen molar-refractivity contribution in [2.24, 2.45) is 5.92 Å². The van der Waals surface area contributed by atoms with Gasteiger partial charge in [-0.05, 0) is 42.9 Å². The Morgan fingerprint density at radius 1 is 0.903 bits per heavy atom. The maximum Gasteiger partial charge on any atom is 0.154 e. The predicted molar refractivity (Wildman–Crippen MR) is 135 cm³/mol. The number of benzene rings is 2. The summed E-state index contributed by atoms with van der Waals surface area (Å²) in [4.78, 5) is 7.18. The van der Waals surface area contributed by atoms with Gasteiger partial charge in [0.05, 0.1) is 11.4 Å². The maximum atomic E-state index is 6.61. The van der Waals surface area contributed by atoms with Crippen LogP contribution in [-0.2, 0) is 12.8 Å². The molecule has 1 aromatic heterocycles. The molecule has 0 amide bonds. The summed E-state index contributed by atoms with van der Waals surface area (Å²) in [6.45, 7) is 9.08. The third-order valence-corrected chi connectivity index (χ3v) is 5.19. The predicted octanol–water partition coefficient (Wildman–Crippen LogP) is 4.95. The maximum absolute atomic E-state index is 6.61. The van der Waals surface area contributed by atoms with Crippen LogP contribution in [0.15, 0.2) is 66.7 Å². The zero-order valence-electron chi connectivity index (χ0n) is 19.4. The van der Waals surface area contributed by atoms with E-state index in [0.29, 0.717) is 5.92 Å². The summed E-state index contributed by atoms with van der Waals surface area (Å²) in [6.07, 6.45) is 1.92. The Morgan fingerprint density at radius 3 is 1.90 bits per heavy atom. The zero-order chi connectivity index (χ0) is 21.3. The van der Waals surface area contributed by atoms with Crippen LogP contribution in [0, 0.1) is 12.8 Å². The third-order valence-electron chi connectivity index (χ3n) is 5.19. The van der Waals surface area contributed by atoms with Crippen LogP contribution >= 0.6 is 0 Å². The molecule has 0 spiro atoms. The molecule has 0 fully saturated rings. The van der Waals surface area contributed by atoms with Gasteiger partial charge in [-0.15, -0.1) is 0 Å². The molecule has 1 heterocycles. The van der Waals surface area contributed by atoms with Crippen molar-refractivity contribution >= 4 is 46.7 Å². The van der Waals surface area contributed by atoms with Gasteiger partial charge in [0.1, 0.15) is 0 Å². The number of nitrogen functional groups attached to an aromatic ring is 1. The second kappa shape index (κ2) is 12.7. The fraction of sp³-hybridized carbons (Fsp3) is 0.346. The molecule has 0 aliphatic rings. The Bertz CT molecular complexity index is 870.